The van der Waals surface area contributed by atoms with Crippen LogP contribution in [0, 0.1) is 0 Å². The number of amides is 1. The molecule has 1 saturated heterocycles. The van der Waals surface area contributed by atoms with Crippen LogP contribution in [0.5, 0.6) is 0 Å². The van der Waals surface area contributed by atoms with Gasteiger partial charge in [-0.1, -0.05) is 18.9 Å². The first kappa shape index (κ1) is 19.6. The van der Waals surface area contributed by atoms with Crippen LogP contribution >= 0.6 is 11.3 Å². The molecule has 3 heterocycles. The van der Waals surface area contributed by atoms with Crippen LogP contribution < -0.4 is 0 Å². The summed E-state index contributed by atoms with van der Waals surface area (Å²) in [6.45, 7) is 1.83. The molecule has 0 radical (unpaired) electrons. The van der Waals surface area contributed by atoms with Gasteiger partial charge in [-0.05, 0) is 37.1 Å². The highest BCUT2D eigenvalue weighted by molar-refractivity contribution is 7.89. The van der Waals surface area contributed by atoms with Gasteiger partial charge in [0.2, 0.25) is 5.91 Å². The quantitative estimate of drug-likeness (QED) is 0.688. The lowest BCUT2D eigenvalue weighted by molar-refractivity contribution is -0.134. The second-order valence-corrected chi connectivity index (χ2v) is 10.5. The van der Waals surface area contributed by atoms with Gasteiger partial charge in [-0.2, -0.15) is 4.31 Å². The van der Waals surface area contributed by atoms with Crippen molar-refractivity contribution in [1.82, 2.24) is 18.8 Å². The first-order valence-corrected chi connectivity index (χ1v) is 12.2. The monoisotopic (exact) mass is 422 g/mol. The molecule has 0 unspecified atom stereocenters. The summed E-state index contributed by atoms with van der Waals surface area (Å²) >= 11 is 1.66. The smallest absolute Gasteiger partial charge is 0.262 e. The average Bonchev–Trinajstić information content (AvgIpc) is 3.48. The van der Waals surface area contributed by atoms with E-state index in [4.69, 9.17) is 0 Å². The van der Waals surface area contributed by atoms with Crippen molar-refractivity contribution in [3.63, 3.8) is 0 Å². The maximum Gasteiger partial charge on any atom is 0.262 e. The number of hydrogen-bond donors (Lipinski definition) is 0. The van der Waals surface area contributed by atoms with Gasteiger partial charge in [-0.15, -0.1) is 11.3 Å². The van der Waals surface area contributed by atoms with E-state index in [0.29, 0.717) is 19.6 Å². The van der Waals surface area contributed by atoms with Gasteiger partial charge in [0.05, 0.1) is 12.9 Å². The summed E-state index contributed by atoms with van der Waals surface area (Å²) in [5, 5.41) is 2.06. The van der Waals surface area contributed by atoms with Crippen LogP contribution in [0.2, 0.25) is 0 Å². The molecule has 0 aromatic carbocycles. The molecule has 7 nitrogen and oxygen atoms in total. The summed E-state index contributed by atoms with van der Waals surface area (Å²) in [7, 11) is -3.55. The van der Waals surface area contributed by atoms with Gasteiger partial charge in [-0.25, -0.2) is 13.4 Å². The number of aromatic nitrogens is 2. The maximum atomic E-state index is 13.1. The normalized spacial score (nSPS) is 18.7. The zero-order valence-electron chi connectivity index (χ0n) is 15.9. The number of rotatable bonds is 7. The van der Waals surface area contributed by atoms with E-state index in [0.717, 1.165) is 38.5 Å². The van der Waals surface area contributed by atoms with E-state index in [1.165, 1.54) is 21.7 Å². The highest BCUT2D eigenvalue weighted by Crippen LogP contribution is 2.26. The van der Waals surface area contributed by atoms with Crippen LogP contribution in [-0.4, -0.2) is 52.2 Å². The lowest BCUT2D eigenvalue weighted by Crippen LogP contribution is -2.40. The Morgan fingerprint density at radius 1 is 1.21 bits per heavy atom. The third kappa shape index (κ3) is 4.16. The second-order valence-electron chi connectivity index (χ2n) is 7.53. The summed E-state index contributed by atoms with van der Waals surface area (Å²) in [5.74, 6) is 0.0165. The molecular formula is C19H26N4O3S2. The first-order chi connectivity index (χ1) is 13.5. The number of imidazole rings is 1. The van der Waals surface area contributed by atoms with E-state index < -0.39 is 10.0 Å². The third-order valence-corrected chi connectivity index (χ3v) is 8.23. The lowest BCUT2D eigenvalue weighted by atomic mass is 10.2. The summed E-state index contributed by atoms with van der Waals surface area (Å²) < 4.78 is 28.4. The molecule has 4 rings (SSSR count). The van der Waals surface area contributed by atoms with Gasteiger partial charge >= 0.3 is 0 Å². The molecule has 2 fully saturated rings. The van der Waals surface area contributed by atoms with Crippen molar-refractivity contribution >= 4 is 27.3 Å². The molecule has 2 aromatic rings. The Bertz CT molecular complexity index is 896. The summed E-state index contributed by atoms with van der Waals surface area (Å²) in [4.78, 5) is 20.3. The van der Waals surface area contributed by atoms with E-state index in [1.54, 1.807) is 15.9 Å². The van der Waals surface area contributed by atoms with Crippen LogP contribution in [0.15, 0.2) is 35.1 Å². The molecule has 0 bridgehead atoms. The van der Waals surface area contributed by atoms with Crippen molar-refractivity contribution in [2.24, 2.45) is 0 Å². The Kier molecular flexibility index (Phi) is 5.84. The van der Waals surface area contributed by atoms with E-state index in [1.807, 2.05) is 16.3 Å². The zero-order valence-corrected chi connectivity index (χ0v) is 17.5. The van der Waals surface area contributed by atoms with E-state index >= 15 is 0 Å². The molecule has 152 valence electrons. The molecule has 1 aliphatic carbocycles. The molecule has 0 spiro atoms. The summed E-state index contributed by atoms with van der Waals surface area (Å²) in [6, 6.07) is 4.33. The largest absolute Gasteiger partial charge is 0.333 e. The second kappa shape index (κ2) is 8.34. The fourth-order valence-electron chi connectivity index (χ4n) is 4.07. The van der Waals surface area contributed by atoms with Crippen LogP contribution in [-0.2, 0) is 27.9 Å². The first-order valence-electron chi connectivity index (χ1n) is 9.88. The van der Waals surface area contributed by atoms with E-state index in [9.17, 15) is 13.2 Å². The van der Waals surface area contributed by atoms with Crippen molar-refractivity contribution in [3.8, 4) is 0 Å². The van der Waals surface area contributed by atoms with Crippen LogP contribution in [0.4, 0.5) is 0 Å². The molecule has 2 aliphatic rings. The molecular weight excluding hydrogens is 396 g/mol. The average molecular weight is 423 g/mol. The Hall–Kier alpha value is -1.71. The van der Waals surface area contributed by atoms with Gasteiger partial charge in [0.15, 0.2) is 5.03 Å². The van der Waals surface area contributed by atoms with Crippen molar-refractivity contribution in [2.75, 3.05) is 13.1 Å². The molecule has 1 amide bonds. The van der Waals surface area contributed by atoms with Crippen LogP contribution in [0.3, 0.4) is 0 Å². The maximum absolute atomic E-state index is 13.1. The predicted octanol–water partition coefficient (Wildman–Crippen LogP) is 2.70. The molecule has 2 aromatic heterocycles. The van der Waals surface area contributed by atoms with Crippen molar-refractivity contribution in [1.29, 1.82) is 0 Å². The van der Waals surface area contributed by atoms with Crippen molar-refractivity contribution < 1.29 is 13.2 Å². The SMILES string of the molecule is O=C(Cn1cnc(S(=O)(=O)N2CCCC2)c1)N(Cc1cccs1)C1CCCC1. The number of thiophene rings is 1. The number of carbonyl (C=O) groups excluding carboxylic acids is 1. The number of nitrogens with zero attached hydrogens (tertiary/aromatic N) is 4. The van der Waals surface area contributed by atoms with Gasteiger partial charge < -0.3 is 9.47 Å². The molecule has 9 heteroatoms. The third-order valence-electron chi connectivity index (χ3n) is 5.59. The minimum absolute atomic E-state index is 0.0165. The fourth-order valence-corrected chi connectivity index (χ4v) is 6.23. The number of sulfonamides is 1. The van der Waals surface area contributed by atoms with Crippen molar-refractivity contribution in [2.45, 2.75) is 62.7 Å². The Balaban J connectivity index is 1.47. The zero-order chi connectivity index (χ0) is 19.6. The molecule has 0 N–H and O–H groups in total. The minimum Gasteiger partial charge on any atom is -0.333 e. The topological polar surface area (TPSA) is 75.5 Å². The molecule has 1 aliphatic heterocycles. The minimum atomic E-state index is -3.55. The Labute approximate surface area is 170 Å². The number of hydrogen-bond acceptors (Lipinski definition) is 5. The highest BCUT2D eigenvalue weighted by Gasteiger charge is 2.30. The van der Waals surface area contributed by atoms with Crippen LogP contribution in [0.1, 0.15) is 43.4 Å². The molecule has 28 heavy (non-hydrogen) atoms. The number of carbonyl (C=O) groups is 1. The Morgan fingerprint density at radius 2 is 1.96 bits per heavy atom. The van der Waals surface area contributed by atoms with Gasteiger partial charge in [-0.3, -0.25) is 4.79 Å². The van der Waals surface area contributed by atoms with Gasteiger partial charge in [0.25, 0.3) is 10.0 Å². The van der Waals surface area contributed by atoms with Gasteiger partial charge in [0.1, 0.15) is 6.54 Å². The molecule has 0 atom stereocenters. The van der Waals surface area contributed by atoms with Gasteiger partial charge in [0, 0.05) is 30.2 Å². The van der Waals surface area contributed by atoms with E-state index in [-0.39, 0.29) is 23.5 Å². The molecule has 1 saturated carbocycles. The van der Waals surface area contributed by atoms with Crippen LogP contribution in [0.25, 0.3) is 0 Å². The predicted molar refractivity (Wildman–Crippen MR) is 107 cm³/mol. The standard InChI is InChI=1S/C19H26N4O3S2/c24-19(23(16-6-1-2-7-16)12-17-8-5-11-27-17)14-21-13-18(20-15-21)28(25,26)22-9-3-4-10-22/h5,8,11,13,15-16H,1-4,6-7,9-10,12,14H2. The lowest BCUT2D eigenvalue weighted by Gasteiger charge is -2.28. The fraction of sp³-hybridized carbons (Fsp3) is 0.579. The summed E-state index contributed by atoms with van der Waals surface area (Å²) in [6.07, 6.45) is 9.10. The Morgan fingerprint density at radius 3 is 2.64 bits per heavy atom. The van der Waals surface area contributed by atoms with E-state index in [2.05, 4.69) is 11.1 Å². The van der Waals surface area contributed by atoms with Crippen molar-refractivity contribution in [3.05, 3.63) is 34.9 Å². The highest BCUT2D eigenvalue weighted by atomic mass is 32.2. The summed E-state index contributed by atoms with van der Waals surface area (Å²) in [5.41, 5.74) is 0.